The van der Waals surface area contributed by atoms with Gasteiger partial charge in [0.15, 0.2) is 28.6 Å². The standard InChI is InChI=1S/C23H19F5N4O2/c1-22(33,15-4-2-3-5-16(15)24)23(27,28)9-11-34-20-17(25)7-6-14(19(20)26)13-8-10-32-18(12-13)30-21(29)31-32/h2-8,10,12,33H,9,11H2,1H3,(H2,29,31). The maximum Gasteiger partial charge on any atom is 0.283 e. The summed E-state index contributed by atoms with van der Waals surface area (Å²) in [5, 5.41) is 14.3. The number of ether oxygens (including phenoxy) is 1. The van der Waals surface area contributed by atoms with Crippen LogP contribution in [0.2, 0.25) is 0 Å². The largest absolute Gasteiger partial charge is 0.487 e. The third-order valence-electron chi connectivity index (χ3n) is 5.49. The minimum absolute atomic E-state index is 0.00736. The number of hydrogen-bond donors (Lipinski definition) is 2. The van der Waals surface area contributed by atoms with Crippen molar-refractivity contribution < 1.29 is 31.8 Å². The van der Waals surface area contributed by atoms with Gasteiger partial charge in [0, 0.05) is 23.7 Å². The second kappa shape index (κ2) is 8.56. The zero-order valence-corrected chi connectivity index (χ0v) is 17.8. The SMILES string of the molecule is CC(O)(c1ccccc1F)C(F)(F)CCOc1c(F)ccc(-c2ccn3nc(N)nc3c2)c1F. The normalized spacial score (nSPS) is 13.7. The van der Waals surface area contributed by atoms with Crippen LogP contribution in [0.25, 0.3) is 16.8 Å². The lowest BCUT2D eigenvalue weighted by molar-refractivity contribution is -0.185. The van der Waals surface area contributed by atoms with Gasteiger partial charge in [-0.15, -0.1) is 5.10 Å². The molecule has 0 spiro atoms. The molecule has 2 aromatic carbocycles. The number of pyridine rings is 1. The van der Waals surface area contributed by atoms with Crippen molar-refractivity contribution in [3.63, 3.8) is 0 Å². The molecular formula is C23H19F5N4O2. The van der Waals surface area contributed by atoms with Crippen LogP contribution < -0.4 is 10.5 Å². The lowest BCUT2D eigenvalue weighted by Crippen LogP contribution is -2.44. The monoisotopic (exact) mass is 478 g/mol. The Morgan fingerprint density at radius 3 is 2.53 bits per heavy atom. The first-order chi connectivity index (χ1) is 16.0. The molecule has 2 aromatic heterocycles. The molecule has 1 atom stereocenters. The summed E-state index contributed by atoms with van der Waals surface area (Å²) in [5.74, 6) is -7.95. The van der Waals surface area contributed by atoms with Gasteiger partial charge in [-0.05, 0) is 42.8 Å². The molecule has 0 saturated heterocycles. The van der Waals surface area contributed by atoms with Crippen LogP contribution in [0.4, 0.5) is 27.9 Å². The number of benzene rings is 2. The fraction of sp³-hybridized carbons (Fsp3) is 0.217. The Hall–Kier alpha value is -3.73. The molecule has 34 heavy (non-hydrogen) atoms. The minimum atomic E-state index is -3.88. The molecule has 2 heterocycles. The first kappa shape index (κ1) is 23.4. The van der Waals surface area contributed by atoms with Crippen molar-refractivity contribution in [1.82, 2.24) is 14.6 Å². The number of halogens is 5. The van der Waals surface area contributed by atoms with Crippen molar-refractivity contribution in [2.45, 2.75) is 24.9 Å². The third kappa shape index (κ3) is 4.14. The van der Waals surface area contributed by atoms with Crippen LogP contribution in [-0.2, 0) is 5.60 Å². The van der Waals surface area contributed by atoms with Gasteiger partial charge in [-0.3, -0.25) is 0 Å². The summed E-state index contributed by atoms with van der Waals surface area (Å²) in [6, 6.07) is 9.63. The first-order valence-electron chi connectivity index (χ1n) is 10.1. The summed E-state index contributed by atoms with van der Waals surface area (Å²) >= 11 is 0. The predicted octanol–water partition coefficient (Wildman–Crippen LogP) is 4.71. The van der Waals surface area contributed by atoms with Gasteiger partial charge in [-0.2, -0.15) is 4.98 Å². The summed E-state index contributed by atoms with van der Waals surface area (Å²) in [4.78, 5) is 3.97. The average Bonchev–Trinajstić information content (AvgIpc) is 3.15. The van der Waals surface area contributed by atoms with Crippen LogP contribution in [0, 0.1) is 17.5 Å². The quantitative estimate of drug-likeness (QED) is 0.376. The average molecular weight is 478 g/mol. The van der Waals surface area contributed by atoms with E-state index in [4.69, 9.17) is 10.5 Å². The molecule has 0 fully saturated rings. The van der Waals surface area contributed by atoms with E-state index in [9.17, 15) is 22.7 Å². The van der Waals surface area contributed by atoms with Crippen molar-refractivity contribution in [3.8, 4) is 16.9 Å². The molecule has 1 unspecified atom stereocenters. The molecule has 11 heteroatoms. The Kier molecular flexibility index (Phi) is 5.90. The second-order valence-corrected chi connectivity index (χ2v) is 7.78. The fourth-order valence-corrected chi connectivity index (χ4v) is 3.53. The highest BCUT2D eigenvalue weighted by Gasteiger charge is 2.51. The van der Waals surface area contributed by atoms with Gasteiger partial charge >= 0.3 is 0 Å². The second-order valence-electron chi connectivity index (χ2n) is 7.78. The zero-order chi connectivity index (χ0) is 24.7. The Morgan fingerprint density at radius 2 is 1.79 bits per heavy atom. The number of aliphatic hydroxyl groups is 1. The van der Waals surface area contributed by atoms with Crippen molar-refractivity contribution in [2.24, 2.45) is 0 Å². The van der Waals surface area contributed by atoms with Crippen molar-refractivity contribution in [1.29, 1.82) is 0 Å². The first-order valence-corrected chi connectivity index (χ1v) is 10.1. The van der Waals surface area contributed by atoms with E-state index >= 15 is 4.39 Å². The summed E-state index contributed by atoms with van der Waals surface area (Å²) in [6.45, 7) is -0.0881. The third-order valence-corrected chi connectivity index (χ3v) is 5.49. The summed E-state index contributed by atoms with van der Waals surface area (Å²) in [7, 11) is 0. The van der Waals surface area contributed by atoms with E-state index in [-0.39, 0.29) is 11.5 Å². The highest BCUT2D eigenvalue weighted by molar-refractivity contribution is 5.69. The van der Waals surface area contributed by atoms with Crippen LogP contribution in [0.3, 0.4) is 0 Å². The number of rotatable bonds is 7. The van der Waals surface area contributed by atoms with Crippen LogP contribution in [0.15, 0.2) is 54.7 Å². The lowest BCUT2D eigenvalue weighted by Gasteiger charge is -2.33. The summed E-state index contributed by atoms with van der Waals surface area (Å²) < 4.78 is 79.2. The van der Waals surface area contributed by atoms with Crippen LogP contribution in [0.5, 0.6) is 5.75 Å². The summed E-state index contributed by atoms with van der Waals surface area (Å²) in [5.41, 5.74) is 2.60. The molecule has 0 aliphatic carbocycles. The van der Waals surface area contributed by atoms with E-state index in [1.54, 1.807) is 0 Å². The van der Waals surface area contributed by atoms with E-state index in [1.165, 1.54) is 41.0 Å². The number of alkyl halides is 2. The molecule has 4 rings (SSSR count). The van der Waals surface area contributed by atoms with Gasteiger partial charge in [0.1, 0.15) is 5.82 Å². The fourth-order valence-electron chi connectivity index (χ4n) is 3.53. The lowest BCUT2D eigenvalue weighted by atomic mass is 9.87. The van der Waals surface area contributed by atoms with Gasteiger partial charge < -0.3 is 15.6 Å². The number of nitrogens with zero attached hydrogens (tertiary/aromatic N) is 3. The van der Waals surface area contributed by atoms with Gasteiger partial charge in [0.2, 0.25) is 5.95 Å². The topological polar surface area (TPSA) is 85.7 Å². The Labute approximate surface area is 190 Å². The Balaban J connectivity index is 1.55. The van der Waals surface area contributed by atoms with Crippen molar-refractivity contribution in [2.75, 3.05) is 12.3 Å². The molecule has 6 nitrogen and oxygen atoms in total. The van der Waals surface area contributed by atoms with E-state index in [2.05, 4.69) is 10.1 Å². The number of nitrogens with two attached hydrogens (primary N) is 1. The van der Waals surface area contributed by atoms with Gasteiger partial charge in [0.25, 0.3) is 5.92 Å². The molecule has 0 aliphatic heterocycles. The molecule has 178 valence electrons. The van der Waals surface area contributed by atoms with Gasteiger partial charge in [-0.25, -0.2) is 26.5 Å². The minimum Gasteiger partial charge on any atom is -0.487 e. The molecule has 0 saturated carbocycles. The van der Waals surface area contributed by atoms with Crippen LogP contribution in [0.1, 0.15) is 18.9 Å². The smallest absolute Gasteiger partial charge is 0.283 e. The van der Waals surface area contributed by atoms with Crippen molar-refractivity contribution in [3.05, 3.63) is 77.7 Å². The maximum absolute atomic E-state index is 15.1. The number of nitrogen functional groups attached to an aromatic ring is 1. The highest BCUT2D eigenvalue weighted by Crippen LogP contribution is 2.41. The summed E-state index contributed by atoms with van der Waals surface area (Å²) in [6.07, 6.45) is 0.338. The zero-order valence-electron chi connectivity index (χ0n) is 17.8. The number of hydrogen-bond acceptors (Lipinski definition) is 5. The maximum atomic E-state index is 15.1. The molecule has 0 radical (unpaired) electrons. The number of aromatic nitrogens is 3. The predicted molar refractivity (Wildman–Crippen MR) is 114 cm³/mol. The van der Waals surface area contributed by atoms with E-state index in [1.807, 2.05) is 0 Å². The van der Waals surface area contributed by atoms with E-state index in [0.717, 1.165) is 25.1 Å². The molecule has 3 N–H and O–H groups in total. The van der Waals surface area contributed by atoms with Crippen LogP contribution in [-0.4, -0.2) is 32.2 Å². The van der Waals surface area contributed by atoms with Crippen LogP contribution >= 0.6 is 0 Å². The molecule has 0 aliphatic rings. The van der Waals surface area contributed by atoms with Gasteiger partial charge in [0.05, 0.1) is 6.61 Å². The highest BCUT2D eigenvalue weighted by atomic mass is 19.3. The van der Waals surface area contributed by atoms with Gasteiger partial charge in [-0.1, -0.05) is 18.2 Å². The van der Waals surface area contributed by atoms with E-state index in [0.29, 0.717) is 11.2 Å². The van der Waals surface area contributed by atoms with E-state index < -0.39 is 53.3 Å². The Bertz CT molecular complexity index is 1360. The Morgan fingerprint density at radius 1 is 1.06 bits per heavy atom. The molecule has 0 bridgehead atoms. The molecular weight excluding hydrogens is 459 g/mol. The van der Waals surface area contributed by atoms with Crippen molar-refractivity contribution >= 4 is 11.6 Å². The molecule has 0 amide bonds. The molecule has 4 aromatic rings. The number of anilines is 1. The number of fused-ring (bicyclic) bond motifs is 1.